The highest BCUT2D eigenvalue weighted by atomic mass is 35.5. The van der Waals surface area contributed by atoms with Crippen LogP contribution in [0.2, 0.25) is 10.0 Å². The molecule has 1 fully saturated rings. The Bertz CT molecular complexity index is 1450. The summed E-state index contributed by atoms with van der Waals surface area (Å²) in [5, 5.41) is 4.12. The van der Waals surface area contributed by atoms with E-state index in [1.807, 2.05) is 33.8 Å². The summed E-state index contributed by atoms with van der Waals surface area (Å²) in [5.74, 6) is 0.555. The van der Waals surface area contributed by atoms with Gasteiger partial charge in [0.1, 0.15) is 17.5 Å². The third-order valence-electron chi connectivity index (χ3n) is 7.79. The van der Waals surface area contributed by atoms with Gasteiger partial charge in [-0.1, -0.05) is 23.2 Å². The third-order valence-corrected chi connectivity index (χ3v) is 9.80. The van der Waals surface area contributed by atoms with Crippen molar-refractivity contribution in [3.05, 3.63) is 57.1 Å². The number of amides is 1. The van der Waals surface area contributed by atoms with E-state index >= 15 is 0 Å². The summed E-state index contributed by atoms with van der Waals surface area (Å²) in [4.78, 5) is 15.0. The first-order chi connectivity index (χ1) is 21.8. The zero-order valence-electron chi connectivity index (χ0n) is 26.9. The lowest BCUT2D eigenvalue weighted by Gasteiger charge is -2.39. The van der Waals surface area contributed by atoms with Gasteiger partial charge in [0, 0.05) is 41.3 Å². The first-order valence-corrected chi connectivity index (χ1v) is 17.8. The molecular weight excluding hydrogens is 655 g/mol. The molecule has 1 aliphatic heterocycles. The van der Waals surface area contributed by atoms with Gasteiger partial charge in [-0.3, -0.25) is 4.90 Å². The van der Waals surface area contributed by atoms with Crippen LogP contribution in [-0.2, 0) is 30.7 Å². The highest BCUT2D eigenvalue weighted by molar-refractivity contribution is 7.89. The van der Waals surface area contributed by atoms with E-state index in [2.05, 4.69) is 14.9 Å². The van der Waals surface area contributed by atoms with E-state index in [-0.39, 0.29) is 30.1 Å². The Kier molecular flexibility index (Phi) is 13.0. The standard InChI is InChI=1S/C32H46Cl2N4O7S/c1-21-16-24(46(40,41)36-10-13-43-15-14-42-12-9-35)7-8-29(21)44-30-26-17-22(33)18-27(34)25(26)19-28(30)38-11-5-6-23(20-38)37-31(39)45-32(2,3)4/h7-8,16-18,23,28,30,36H,5-6,9-15,19-20,35H2,1-4H3,(H,37,39)/t23-,28+,30+/m1/s1. The molecule has 1 amide bonds. The zero-order chi connectivity index (χ0) is 33.5. The second-order valence-corrected chi connectivity index (χ2v) is 15.2. The molecule has 11 nitrogen and oxygen atoms in total. The number of carbonyl (C=O) groups excluding carboxylic acids is 1. The van der Waals surface area contributed by atoms with Gasteiger partial charge in [0.25, 0.3) is 0 Å². The number of likely N-dealkylation sites (tertiary alicyclic amines) is 1. The van der Waals surface area contributed by atoms with E-state index in [4.69, 9.17) is 47.9 Å². The lowest BCUT2D eigenvalue weighted by Crippen LogP contribution is -2.53. The predicted molar refractivity (Wildman–Crippen MR) is 178 cm³/mol. The highest BCUT2D eigenvalue weighted by Crippen LogP contribution is 2.43. The molecule has 0 unspecified atom stereocenters. The maximum atomic E-state index is 13.0. The summed E-state index contributed by atoms with van der Waals surface area (Å²) in [7, 11) is -3.76. The summed E-state index contributed by atoms with van der Waals surface area (Å²) in [6.45, 7) is 10.8. The van der Waals surface area contributed by atoms with Crippen LogP contribution >= 0.6 is 23.2 Å². The van der Waals surface area contributed by atoms with Gasteiger partial charge in [-0.2, -0.15) is 0 Å². The minimum absolute atomic E-state index is 0.0827. The molecule has 4 N–H and O–H groups in total. The number of hydrogen-bond donors (Lipinski definition) is 3. The molecule has 14 heteroatoms. The minimum atomic E-state index is -3.76. The Morgan fingerprint density at radius 3 is 2.52 bits per heavy atom. The normalized spacial score (nSPS) is 20.4. The molecule has 3 atom stereocenters. The number of nitrogens with two attached hydrogens (primary N) is 1. The van der Waals surface area contributed by atoms with E-state index in [0.717, 1.165) is 30.5 Å². The minimum Gasteiger partial charge on any atom is -0.484 e. The molecule has 0 aromatic heterocycles. The Morgan fingerprint density at radius 2 is 1.83 bits per heavy atom. The van der Waals surface area contributed by atoms with Gasteiger partial charge in [0.2, 0.25) is 10.0 Å². The molecule has 256 valence electrons. The Balaban J connectivity index is 1.46. The Labute approximate surface area is 282 Å². The van der Waals surface area contributed by atoms with Gasteiger partial charge in [-0.15, -0.1) is 0 Å². The zero-order valence-corrected chi connectivity index (χ0v) is 29.3. The van der Waals surface area contributed by atoms with Gasteiger partial charge >= 0.3 is 6.09 Å². The molecule has 46 heavy (non-hydrogen) atoms. The molecule has 0 bridgehead atoms. The van der Waals surface area contributed by atoms with Crippen LogP contribution in [0.25, 0.3) is 0 Å². The number of piperidine rings is 1. The SMILES string of the molecule is Cc1cc(S(=O)(=O)NCCOCCOCCN)ccc1O[C@H]1c2cc(Cl)cc(Cl)c2C[C@@H]1N1CCC[C@@H](NC(=O)OC(C)(C)C)C1. The molecule has 2 aliphatic rings. The first kappa shape index (κ1) is 36.7. The number of aryl methyl sites for hydroxylation is 1. The number of nitrogens with zero attached hydrogens (tertiary/aromatic N) is 1. The number of ether oxygens (including phenoxy) is 4. The van der Waals surface area contributed by atoms with Crippen molar-refractivity contribution >= 4 is 39.3 Å². The molecule has 0 spiro atoms. The van der Waals surface area contributed by atoms with Gasteiger partial charge < -0.3 is 30.0 Å². The van der Waals surface area contributed by atoms with E-state index in [1.54, 1.807) is 18.2 Å². The lowest BCUT2D eigenvalue weighted by molar-refractivity contribution is 0.0360. The van der Waals surface area contributed by atoms with Crippen molar-refractivity contribution < 1.29 is 32.2 Å². The van der Waals surface area contributed by atoms with Crippen molar-refractivity contribution in [2.75, 3.05) is 52.6 Å². The van der Waals surface area contributed by atoms with Gasteiger partial charge in [0.05, 0.1) is 37.4 Å². The molecular formula is C32H46Cl2N4O7S. The van der Waals surface area contributed by atoms with E-state index in [1.165, 1.54) is 6.07 Å². The summed E-state index contributed by atoms with van der Waals surface area (Å²) < 4.78 is 51.4. The predicted octanol–water partition coefficient (Wildman–Crippen LogP) is 4.61. The monoisotopic (exact) mass is 700 g/mol. The number of hydrogen-bond acceptors (Lipinski definition) is 9. The molecule has 0 saturated carbocycles. The van der Waals surface area contributed by atoms with Gasteiger partial charge in [-0.05, 0) is 95.0 Å². The fourth-order valence-corrected chi connectivity index (χ4v) is 7.46. The summed E-state index contributed by atoms with van der Waals surface area (Å²) in [6, 6.07) is 8.27. The van der Waals surface area contributed by atoms with Crippen molar-refractivity contribution in [3.8, 4) is 5.75 Å². The van der Waals surface area contributed by atoms with Crippen LogP contribution in [0.15, 0.2) is 35.2 Å². The fraction of sp³-hybridized carbons (Fsp3) is 0.594. The van der Waals surface area contributed by atoms with Crippen LogP contribution in [0.5, 0.6) is 5.75 Å². The van der Waals surface area contributed by atoms with Crippen molar-refractivity contribution in [1.82, 2.24) is 14.9 Å². The largest absolute Gasteiger partial charge is 0.484 e. The number of halogens is 2. The van der Waals surface area contributed by atoms with Crippen LogP contribution in [0.1, 0.15) is 56.4 Å². The lowest BCUT2D eigenvalue weighted by atomic mass is 10.0. The van der Waals surface area contributed by atoms with Crippen LogP contribution in [-0.4, -0.2) is 89.7 Å². The summed E-state index contributed by atoms with van der Waals surface area (Å²) >= 11 is 13.1. The maximum absolute atomic E-state index is 13.0. The van der Waals surface area contributed by atoms with Crippen molar-refractivity contribution in [1.29, 1.82) is 0 Å². The molecule has 1 aliphatic carbocycles. The van der Waals surface area contributed by atoms with Crippen molar-refractivity contribution in [3.63, 3.8) is 0 Å². The van der Waals surface area contributed by atoms with Crippen LogP contribution in [0.4, 0.5) is 4.79 Å². The topological polar surface area (TPSA) is 141 Å². The molecule has 2 aromatic carbocycles. The molecule has 2 aromatic rings. The van der Waals surface area contributed by atoms with Crippen molar-refractivity contribution in [2.45, 2.75) is 75.6 Å². The second kappa shape index (κ2) is 16.3. The average Bonchev–Trinajstić information content (AvgIpc) is 3.33. The number of nitrogens with one attached hydrogen (secondary N) is 2. The van der Waals surface area contributed by atoms with E-state index in [9.17, 15) is 13.2 Å². The van der Waals surface area contributed by atoms with Gasteiger partial charge in [0.15, 0.2) is 0 Å². The fourth-order valence-electron chi connectivity index (χ4n) is 5.77. The summed E-state index contributed by atoms with van der Waals surface area (Å²) in [5.41, 5.74) is 7.33. The number of fused-ring (bicyclic) bond motifs is 1. The van der Waals surface area contributed by atoms with E-state index in [0.29, 0.717) is 60.7 Å². The van der Waals surface area contributed by atoms with Gasteiger partial charge in [-0.25, -0.2) is 17.9 Å². The van der Waals surface area contributed by atoms with E-state index < -0.39 is 27.8 Å². The number of rotatable bonds is 14. The Morgan fingerprint density at radius 1 is 1.09 bits per heavy atom. The summed E-state index contributed by atoms with van der Waals surface area (Å²) in [6.07, 6.45) is 1.52. The van der Waals surface area contributed by atoms with Crippen LogP contribution < -0.4 is 20.5 Å². The molecule has 1 heterocycles. The number of carbonyl (C=O) groups is 1. The molecule has 4 rings (SSSR count). The second-order valence-electron chi connectivity index (χ2n) is 12.6. The highest BCUT2D eigenvalue weighted by Gasteiger charge is 2.41. The number of alkyl carbamates (subject to hydrolysis) is 1. The Hall–Kier alpha value is -2.16. The number of sulfonamides is 1. The van der Waals surface area contributed by atoms with Crippen molar-refractivity contribution in [2.24, 2.45) is 5.73 Å². The molecule has 1 saturated heterocycles. The van der Waals surface area contributed by atoms with Crippen LogP contribution in [0.3, 0.4) is 0 Å². The smallest absolute Gasteiger partial charge is 0.407 e. The molecule has 0 radical (unpaired) electrons. The third kappa shape index (κ3) is 10.2. The first-order valence-electron chi connectivity index (χ1n) is 15.6. The quantitative estimate of drug-likeness (QED) is 0.241. The average molecular weight is 702 g/mol. The van der Waals surface area contributed by atoms with Crippen LogP contribution in [0, 0.1) is 6.92 Å². The number of benzene rings is 2. The maximum Gasteiger partial charge on any atom is 0.407 e.